The third kappa shape index (κ3) is 1.95. The van der Waals surface area contributed by atoms with Gasteiger partial charge >= 0.3 is 0 Å². The van der Waals surface area contributed by atoms with E-state index in [0.717, 1.165) is 16.5 Å². The molecule has 0 radical (unpaired) electrons. The highest BCUT2D eigenvalue weighted by Gasteiger charge is 2.11. The topological polar surface area (TPSA) is 48.1 Å². The molecule has 1 aromatic carbocycles. The zero-order chi connectivity index (χ0) is 10.8. The van der Waals surface area contributed by atoms with Gasteiger partial charge in [0, 0.05) is 10.9 Å². The fourth-order valence-electron chi connectivity index (χ4n) is 1.47. The van der Waals surface area contributed by atoms with E-state index in [-0.39, 0.29) is 6.10 Å². The van der Waals surface area contributed by atoms with Crippen molar-refractivity contribution in [2.45, 2.75) is 13.0 Å². The molecule has 2 N–H and O–H groups in total. The Hall–Kier alpha value is -1.16. The van der Waals surface area contributed by atoms with Gasteiger partial charge < -0.3 is 0 Å². The first-order valence-corrected chi connectivity index (χ1v) is 5.01. The second kappa shape index (κ2) is 4.14. The van der Waals surface area contributed by atoms with Crippen LogP contribution in [0.4, 0.5) is 0 Å². The van der Waals surface area contributed by atoms with Gasteiger partial charge in [0.25, 0.3) is 0 Å². The minimum atomic E-state index is -0.255. The van der Waals surface area contributed by atoms with Crippen molar-refractivity contribution < 1.29 is 4.84 Å². The van der Waals surface area contributed by atoms with Crippen molar-refractivity contribution in [1.29, 1.82) is 0 Å². The zero-order valence-corrected chi connectivity index (χ0v) is 9.03. The molecule has 0 aliphatic heterocycles. The van der Waals surface area contributed by atoms with Crippen LogP contribution in [0.5, 0.6) is 0 Å². The molecule has 2 aromatic rings. The Morgan fingerprint density at radius 2 is 2.13 bits per heavy atom. The summed E-state index contributed by atoms with van der Waals surface area (Å²) in [6.45, 7) is 1.83. The standard InChI is InChI=1S/C11H11ClN2O/c1-7(15-13)9-6-8-4-2-3-5-10(8)14-11(9)12/h2-7H,13H2,1H3. The van der Waals surface area contributed by atoms with Gasteiger partial charge in [0.2, 0.25) is 0 Å². The van der Waals surface area contributed by atoms with E-state index >= 15 is 0 Å². The van der Waals surface area contributed by atoms with E-state index in [4.69, 9.17) is 22.3 Å². The maximum Gasteiger partial charge on any atom is 0.135 e. The SMILES string of the molecule is CC(ON)c1cc2ccccc2nc1Cl. The van der Waals surface area contributed by atoms with Crippen LogP contribution >= 0.6 is 11.6 Å². The number of halogens is 1. The molecule has 0 aliphatic carbocycles. The summed E-state index contributed by atoms with van der Waals surface area (Å²) >= 11 is 6.03. The molecule has 1 heterocycles. The molecular weight excluding hydrogens is 212 g/mol. The molecule has 0 amide bonds. The Morgan fingerprint density at radius 3 is 2.87 bits per heavy atom. The van der Waals surface area contributed by atoms with Gasteiger partial charge in [-0.3, -0.25) is 4.84 Å². The number of fused-ring (bicyclic) bond motifs is 1. The molecule has 4 heteroatoms. The van der Waals surface area contributed by atoms with Crippen molar-refractivity contribution in [2.24, 2.45) is 5.90 Å². The van der Waals surface area contributed by atoms with Crippen molar-refractivity contribution in [3.8, 4) is 0 Å². The minimum absolute atomic E-state index is 0.255. The van der Waals surface area contributed by atoms with E-state index in [9.17, 15) is 0 Å². The summed E-state index contributed by atoms with van der Waals surface area (Å²) < 4.78 is 0. The third-order valence-corrected chi connectivity index (χ3v) is 2.65. The number of rotatable bonds is 2. The predicted molar refractivity (Wildman–Crippen MR) is 60.4 cm³/mol. The predicted octanol–water partition coefficient (Wildman–Crippen LogP) is 2.84. The van der Waals surface area contributed by atoms with Gasteiger partial charge in [-0.15, -0.1) is 0 Å². The van der Waals surface area contributed by atoms with Gasteiger partial charge in [-0.2, -0.15) is 0 Å². The van der Waals surface area contributed by atoms with E-state index in [1.54, 1.807) is 0 Å². The molecule has 0 bridgehead atoms. The lowest BCUT2D eigenvalue weighted by Gasteiger charge is -2.11. The molecule has 0 saturated heterocycles. The number of aromatic nitrogens is 1. The van der Waals surface area contributed by atoms with E-state index in [1.807, 2.05) is 37.3 Å². The Morgan fingerprint density at radius 1 is 1.40 bits per heavy atom. The third-order valence-electron chi connectivity index (χ3n) is 2.35. The summed E-state index contributed by atoms with van der Waals surface area (Å²) in [5.41, 5.74) is 1.67. The fourth-order valence-corrected chi connectivity index (χ4v) is 1.77. The zero-order valence-electron chi connectivity index (χ0n) is 8.27. The van der Waals surface area contributed by atoms with Crippen LogP contribution in [0.2, 0.25) is 5.15 Å². The number of benzene rings is 1. The Labute approximate surface area is 92.8 Å². The molecule has 15 heavy (non-hydrogen) atoms. The Balaban J connectivity index is 2.61. The summed E-state index contributed by atoms with van der Waals surface area (Å²) in [7, 11) is 0. The maximum absolute atomic E-state index is 6.03. The second-order valence-electron chi connectivity index (χ2n) is 3.34. The highest BCUT2D eigenvalue weighted by molar-refractivity contribution is 6.30. The van der Waals surface area contributed by atoms with Crippen LogP contribution in [0.25, 0.3) is 10.9 Å². The average Bonchev–Trinajstić information content (AvgIpc) is 2.27. The van der Waals surface area contributed by atoms with Gasteiger partial charge in [-0.25, -0.2) is 10.9 Å². The average molecular weight is 223 g/mol. The largest absolute Gasteiger partial charge is 0.297 e. The van der Waals surface area contributed by atoms with E-state index in [1.165, 1.54) is 0 Å². The number of para-hydroxylation sites is 1. The van der Waals surface area contributed by atoms with Crippen molar-refractivity contribution in [1.82, 2.24) is 4.98 Å². The molecule has 0 fully saturated rings. The van der Waals surface area contributed by atoms with Crippen molar-refractivity contribution in [3.05, 3.63) is 41.0 Å². The molecule has 1 atom stereocenters. The van der Waals surface area contributed by atoms with Crippen LogP contribution in [0.1, 0.15) is 18.6 Å². The summed E-state index contributed by atoms with van der Waals surface area (Å²) in [5, 5.41) is 1.47. The first kappa shape index (κ1) is 10.4. The summed E-state index contributed by atoms with van der Waals surface area (Å²) in [4.78, 5) is 9.02. The van der Waals surface area contributed by atoms with Gasteiger partial charge in [-0.05, 0) is 19.1 Å². The van der Waals surface area contributed by atoms with Crippen LogP contribution in [-0.2, 0) is 4.84 Å². The molecule has 1 unspecified atom stereocenters. The Kier molecular flexibility index (Phi) is 2.86. The molecule has 3 nitrogen and oxygen atoms in total. The normalized spacial score (nSPS) is 13.0. The van der Waals surface area contributed by atoms with Gasteiger partial charge in [0.05, 0.1) is 5.52 Å². The van der Waals surface area contributed by atoms with Crippen molar-refractivity contribution in [2.75, 3.05) is 0 Å². The quantitative estimate of drug-likeness (QED) is 0.628. The minimum Gasteiger partial charge on any atom is -0.297 e. The van der Waals surface area contributed by atoms with Crippen LogP contribution in [-0.4, -0.2) is 4.98 Å². The molecule has 78 valence electrons. The lowest BCUT2D eigenvalue weighted by atomic mass is 10.1. The summed E-state index contributed by atoms with van der Waals surface area (Å²) in [5.74, 6) is 5.13. The van der Waals surface area contributed by atoms with Gasteiger partial charge in [-0.1, -0.05) is 29.8 Å². The number of hydrogen-bond acceptors (Lipinski definition) is 3. The van der Waals surface area contributed by atoms with Gasteiger partial charge in [0.15, 0.2) is 0 Å². The maximum atomic E-state index is 6.03. The summed E-state index contributed by atoms with van der Waals surface area (Å²) in [6.07, 6.45) is -0.255. The number of hydrogen-bond donors (Lipinski definition) is 1. The first-order valence-electron chi connectivity index (χ1n) is 4.63. The van der Waals surface area contributed by atoms with E-state index in [0.29, 0.717) is 5.15 Å². The summed E-state index contributed by atoms with van der Waals surface area (Å²) in [6, 6.07) is 9.72. The number of nitrogens with two attached hydrogens (primary N) is 1. The highest BCUT2D eigenvalue weighted by atomic mass is 35.5. The van der Waals surface area contributed by atoms with Crippen LogP contribution in [0.15, 0.2) is 30.3 Å². The molecule has 0 saturated carbocycles. The van der Waals surface area contributed by atoms with Gasteiger partial charge in [0.1, 0.15) is 11.3 Å². The smallest absolute Gasteiger partial charge is 0.135 e. The highest BCUT2D eigenvalue weighted by Crippen LogP contribution is 2.26. The van der Waals surface area contributed by atoms with E-state index < -0.39 is 0 Å². The molecule has 1 aromatic heterocycles. The van der Waals surface area contributed by atoms with E-state index in [2.05, 4.69) is 4.98 Å². The van der Waals surface area contributed by atoms with Crippen LogP contribution in [0.3, 0.4) is 0 Å². The number of nitrogens with zero attached hydrogens (tertiary/aromatic N) is 1. The van der Waals surface area contributed by atoms with Crippen molar-refractivity contribution >= 4 is 22.5 Å². The van der Waals surface area contributed by atoms with Crippen molar-refractivity contribution in [3.63, 3.8) is 0 Å². The molecule has 0 spiro atoms. The lowest BCUT2D eigenvalue weighted by molar-refractivity contribution is 0.0663. The molecular formula is C11H11ClN2O. The Bertz CT molecular complexity index is 487. The molecule has 0 aliphatic rings. The molecule has 2 rings (SSSR count). The van der Waals surface area contributed by atoms with Crippen LogP contribution in [0, 0.1) is 0 Å². The fraction of sp³-hybridized carbons (Fsp3) is 0.182. The number of pyridine rings is 1. The lowest BCUT2D eigenvalue weighted by Crippen LogP contribution is -2.06. The second-order valence-corrected chi connectivity index (χ2v) is 3.70. The first-order chi connectivity index (χ1) is 7.22. The van der Waals surface area contributed by atoms with Crippen LogP contribution < -0.4 is 5.90 Å². The monoisotopic (exact) mass is 222 g/mol.